The zero-order valence-electron chi connectivity index (χ0n) is 18.7. The van der Waals surface area contributed by atoms with Crippen molar-refractivity contribution in [2.45, 2.75) is 19.3 Å². The summed E-state index contributed by atoms with van der Waals surface area (Å²) in [5.74, 6) is 2.28. The number of ether oxygens (including phenoxy) is 4. The Kier molecular flexibility index (Phi) is 12.9. The summed E-state index contributed by atoms with van der Waals surface area (Å²) in [6, 6.07) is 16.3. The third-order valence-corrected chi connectivity index (χ3v) is 4.71. The van der Waals surface area contributed by atoms with Gasteiger partial charge in [0.15, 0.2) is 17.5 Å². The molecule has 0 fully saturated rings. The second kappa shape index (κ2) is 15.7. The van der Waals surface area contributed by atoms with Crippen molar-refractivity contribution in [3.8, 4) is 11.5 Å². The minimum atomic E-state index is 0. The smallest absolute Gasteiger partial charge is 0.195 e. The van der Waals surface area contributed by atoms with Crippen LogP contribution >= 0.6 is 24.0 Å². The van der Waals surface area contributed by atoms with Crippen LogP contribution in [0.3, 0.4) is 0 Å². The van der Waals surface area contributed by atoms with E-state index in [-0.39, 0.29) is 24.0 Å². The molecule has 32 heavy (non-hydrogen) atoms. The Labute approximate surface area is 207 Å². The van der Waals surface area contributed by atoms with Crippen LogP contribution in [0.25, 0.3) is 0 Å². The Hall–Kier alpha value is -2.04. The quantitative estimate of drug-likeness (QED) is 0.188. The number of hydrogen-bond acceptors (Lipinski definition) is 5. The van der Waals surface area contributed by atoms with E-state index in [2.05, 4.69) is 34.9 Å². The molecule has 0 saturated carbocycles. The van der Waals surface area contributed by atoms with Crippen LogP contribution in [0.1, 0.15) is 18.4 Å². The van der Waals surface area contributed by atoms with Crippen molar-refractivity contribution in [1.29, 1.82) is 0 Å². The average molecular weight is 555 g/mol. The number of halogens is 1. The number of guanidine groups is 1. The highest BCUT2D eigenvalue weighted by atomic mass is 127. The maximum Gasteiger partial charge on any atom is 0.195 e. The molecule has 0 saturated heterocycles. The summed E-state index contributed by atoms with van der Waals surface area (Å²) in [5.41, 5.74) is 2.20. The van der Waals surface area contributed by atoms with Gasteiger partial charge in [-0.05, 0) is 30.5 Å². The standard InChI is InChI=1S/C24H33N3O4.HI/c1-28-17-18-29-14-5-12-25-24(26-13-11-20-7-3-2-4-8-20)27-21-9-10-22-23(19-21)31-16-6-15-30-22;/h2-4,7-10,19H,5-6,11-18H2,1H3,(H2,25,26,27);1H. The van der Waals surface area contributed by atoms with Gasteiger partial charge in [0.2, 0.25) is 0 Å². The zero-order chi connectivity index (χ0) is 21.6. The number of nitrogens with zero attached hydrogens (tertiary/aromatic N) is 1. The lowest BCUT2D eigenvalue weighted by Crippen LogP contribution is -2.32. The van der Waals surface area contributed by atoms with E-state index in [0.717, 1.165) is 49.0 Å². The first-order valence-electron chi connectivity index (χ1n) is 10.9. The molecule has 0 aliphatic carbocycles. The molecule has 0 spiro atoms. The van der Waals surface area contributed by atoms with E-state index in [1.54, 1.807) is 7.11 Å². The molecule has 0 radical (unpaired) electrons. The maximum absolute atomic E-state index is 5.80. The predicted octanol–water partition coefficient (Wildman–Crippen LogP) is 4.12. The molecule has 8 heteroatoms. The van der Waals surface area contributed by atoms with Crippen molar-refractivity contribution in [3.05, 3.63) is 54.1 Å². The second-order valence-electron chi connectivity index (χ2n) is 7.19. The number of fused-ring (bicyclic) bond motifs is 1. The average Bonchev–Trinajstić information content (AvgIpc) is 3.04. The summed E-state index contributed by atoms with van der Waals surface area (Å²) >= 11 is 0. The lowest BCUT2D eigenvalue weighted by molar-refractivity contribution is 0.0702. The molecule has 0 amide bonds. The zero-order valence-corrected chi connectivity index (χ0v) is 21.0. The fraction of sp³-hybridized carbons (Fsp3) is 0.458. The van der Waals surface area contributed by atoms with Crippen LogP contribution in [-0.2, 0) is 15.9 Å². The van der Waals surface area contributed by atoms with Gasteiger partial charge in [-0.15, -0.1) is 24.0 Å². The van der Waals surface area contributed by atoms with E-state index in [4.69, 9.17) is 23.9 Å². The Morgan fingerprint density at radius 3 is 2.62 bits per heavy atom. The highest BCUT2D eigenvalue weighted by Gasteiger charge is 2.11. The number of aliphatic imine (C=N–C) groups is 1. The molecule has 2 aromatic carbocycles. The number of anilines is 1. The summed E-state index contributed by atoms with van der Waals surface area (Å²) in [6.45, 7) is 4.67. The van der Waals surface area contributed by atoms with Crippen molar-refractivity contribution in [2.75, 3.05) is 58.6 Å². The summed E-state index contributed by atoms with van der Waals surface area (Å²) in [5, 5.41) is 6.82. The number of hydrogen-bond donors (Lipinski definition) is 2. The van der Waals surface area contributed by atoms with Crippen LogP contribution in [-0.4, -0.2) is 59.2 Å². The van der Waals surface area contributed by atoms with Crippen LogP contribution in [0.15, 0.2) is 53.5 Å². The van der Waals surface area contributed by atoms with Crippen LogP contribution in [0.4, 0.5) is 5.69 Å². The van der Waals surface area contributed by atoms with Gasteiger partial charge in [-0.3, -0.25) is 4.99 Å². The second-order valence-corrected chi connectivity index (χ2v) is 7.19. The van der Waals surface area contributed by atoms with Gasteiger partial charge in [-0.2, -0.15) is 0 Å². The third-order valence-electron chi connectivity index (χ3n) is 4.71. The Morgan fingerprint density at radius 1 is 1.00 bits per heavy atom. The molecule has 2 N–H and O–H groups in total. The molecule has 176 valence electrons. The number of rotatable bonds is 11. The van der Waals surface area contributed by atoms with Crippen molar-refractivity contribution in [1.82, 2.24) is 5.32 Å². The topological polar surface area (TPSA) is 73.3 Å². The molecule has 1 aliphatic heterocycles. The van der Waals surface area contributed by atoms with Gasteiger partial charge in [-0.25, -0.2) is 0 Å². The molecule has 1 aliphatic rings. The van der Waals surface area contributed by atoms with E-state index < -0.39 is 0 Å². The van der Waals surface area contributed by atoms with E-state index in [1.165, 1.54) is 5.56 Å². The Morgan fingerprint density at radius 2 is 1.81 bits per heavy atom. The first-order valence-corrected chi connectivity index (χ1v) is 10.9. The minimum absolute atomic E-state index is 0. The molecule has 2 aromatic rings. The number of nitrogens with one attached hydrogen (secondary N) is 2. The summed E-state index contributed by atoms with van der Waals surface area (Å²) in [6.07, 6.45) is 2.65. The van der Waals surface area contributed by atoms with Crippen LogP contribution in [0.2, 0.25) is 0 Å². The maximum atomic E-state index is 5.80. The van der Waals surface area contributed by atoms with Gasteiger partial charge in [0, 0.05) is 45.0 Å². The van der Waals surface area contributed by atoms with E-state index >= 15 is 0 Å². The lowest BCUT2D eigenvalue weighted by atomic mass is 10.1. The molecule has 0 aromatic heterocycles. The van der Waals surface area contributed by atoms with Crippen LogP contribution in [0.5, 0.6) is 11.5 Å². The first-order chi connectivity index (χ1) is 15.3. The molecular weight excluding hydrogens is 521 g/mol. The van der Waals surface area contributed by atoms with Gasteiger partial charge in [0.05, 0.1) is 26.4 Å². The summed E-state index contributed by atoms with van der Waals surface area (Å²) in [4.78, 5) is 4.71. The SMILES string of the molecule is COCCOCCCN=C(NCCc1ccccc1)Nc1ccc2c(c1)OCCCO2.I. The van der Waals surface area contributed by atoms with Gasteiger partial charge in [0.1, 0.15) is 0 Å². The normalized spacial score (nSPS) is 13.1. The number of benzene rings is 2. The fourth-order valence-corrected chi connectivity index (χ4v) is 3.09. The van der Waals surface area contributed by atoms with Gasteiger partial charge in [-0.1, -0.05) is 30.3 Å². The van der Waals surface area contributed by atoms with Crippen molar-refractivity contribution in [2.24, 2.45) is 4.99 Å². The van der Waals surface area contributed by atoms with Crippen molar-refractivity contribution >= 4 is 35.6 Å². The molecule has 3 rings (SSSR count). The molecular formula is C24H34IN3O4. The van der Waals surface area contributed by atoms with Gasteiger partial charge in [0.25, 0.3) is 0 Å². The molecule has 7 nitrogen and oxygen atoms in total. The largest absolute Gasteiger partial charge is 0.490 e. The van der Waals surface area contributed by atoms with Crippen LogP contribution < -0.4 is 20.1 Å². The van der Waals surface area contributed by atoms with Crippen molar-refractivity contribution in [3.63, 3.8) is 0 Å². The first kappa shape index (κ1) is 26.2. The van der Waals surface area contributed by atoms with Crippen LogP contribution in [0, 0.1) is 0 Å². The van der Waals surface area contributed by atoms with Crippen molar-refractivity contribution < 1.29 is 18.9 Å². The Balaban J connectivity index is 0.00000363. The van der Waals surface area contributed by atoms with Gasteiger partial charge >= 0.3 is 0 Å². The molecule has 1 heterocycles. The number of methoxy groups -OCH3 is 1. The monoisotopic (exact) mass is 555 g/mol. The highest BCUT2D eigenvalue weighted by Crippen LogP contribution is 2.32. The predicted molar refractivity (Wildman–Crippen MR) is 139 cm³/mol. The van der Waals surface area contributed by atoms with Gasteiger partial charge < -0.3 is 29.6 Å². The molecule has 0 bridgehead atoms. The fourth-order valence-electron chi connectivity index (χ4n) is 3.09. The third kappa shape index (κ3) is 9.62. The lowest BCUT2D eigenvalue weighted by Gasteiger charge is -2.15. The molecule has 0 atom stereocenters. The van der Waals surface area contributed by atoms with E-state index in [1.807, 2.05) is 24.3 Å². The van der Waals surface area contributed by atoms with E-state index in [9.17, 15) is 0 Å². The molecule has 0 unspecified atom stereocenters. The summed E-state index contributed by atoms with van der Waals surface area (Å²) < 4.78 is 22.0. The minimum Gasteiger partial charge on any atom is -0.490 e. The summed E-state index contributed by atoms with van der Waals surface area (Å²) in [7, 11) is 1.67. The van der Waals surface area contributed by atoms with E-state index in [0.29, 0.717) is 39.6 Å². The Bertz CT molecular complexity index is 805. The highest BCUT2D eigenvalue weighted by molar-refractivity contribution is 14.0.